The van der Waals surface area contributed by atoms with E-state index in [1.807, 2.05) is 42.5 Å². The molecular formula is C57H44N4. The maximum Gasteiger partial charge on any atom is 0.164 e. The lowest BCUT2D eigenvalue weighted by Crippen LogP contribution is -2.59. The van der Waals surface area contributed by atoms with Crippen LogP contribution in [0, 0.1) is 35.0 Å². The van der Waals surface area contributed by atoms with E-state index in [2.05, 4.69) is 146 Å². The van der Waals surface area contributed by atoms with Crippen LogP contribution in [0.4, 0.5) is 0 Å². The van der Waals surface area contributed by atoms with E-state index in [1.54, 1.807) is 0 Å². The molecule has 13 rings (SSSR count). The number of aromatic nitrogens is 3. The lowest BCUT2D eigenvalue weighted by molar-refractivity contribution is -0.0440. The molecule has 4 heteroatoms. The Kier molecular flexibility index (Phi) is 8.29. The van der Waals surface area contributed by atoms with Gasteiger partial charge in [0.2, 0.25) is 0 Å². The van der Waals surface area contributed by atoms with Gasteiger partial charge < -0.3 is 0 Å². The fourth-order valence-corrected chi connectivity index (χ4v) is 12.8. The van der Waals surface area contributed by atoms with Crippen molar-refractivity contribution in [2.45, 2.75) is 42.9 Å². The number of nitriles is 1. The molecule has 5 aliphatic rings. The highest BCUT2D eigenvalue weighted by Gasteiger charge is 2.63. The topological polar surface area (TPSA) is 62.5 Å². The maximum atomic E-state index is 9.82. The number of fused-ring (bicyclic) bond motifs is 2. The van der Waals surface area contributed by atoms with Crippen LogP contribution >= 0.6 is 0 Å². The summed E-state index contributed by atoms with van der Waals surface area (Å²) in [5.74, 6) is 4.80. The molecule has 0 amide bonds. The Morgan fingerprint density at radius 2 is 0.869 bits per heavy atom. The van der Waals surface area contributed by atoms with E-state index >= 15 is 0 Å². The summed E-state index contributed by atoms with van der Waals surface area (Å²) in [6.45, 7) is 0. The summed E-state index contributed by atoms with van der Waals surface area (Å²) in [6.07, 6.45) is 6.65. The van der Waals surface area contributed by atoms with Gasteiger partial charge in [-0.1, -0.05) is 170 Å². The molecule has 4 nitrogen and oxygen atoms in total. The number of hydrogen-bond acceptors (Lipinski definition) is 4. The van der Waals surface area contributed by atoms with Gasteiger partial charge in [-0.25, -0.2) is 15.0 Å². The second kappa shape index (κ2) is 14.1. The number of nitrogens with zero attached hydrogens (tertiary/aromatic N) is 4. The number of hydrogen-bond donors (Lipinski definition) is 0. The summed E-state index contributed by atoms with van der Waals surface area (Å²) >= 11 is 0. The molecule has 4 fully saturated rings. The predicted octanol–water partition coefficient (Wildman–Crippen LogP) is 12.8. The van der Waals surface area contributed by atoms with Crippen molar-refractivity contribution in [2.24, 2.45) is 23.7 Å². The molecule has 0 radical (unpaired) electrons. The molecule has 8 aromatic rings. The predicted molar refractivity (Wildman–Crippen MR) is 242 cm³/mol. The molecule has 4 bridgehead atoms. The highest BCUT2D eigenvalue weighted by molar-refractivity contribution is 5.77. The van der Waals surface area contributed by atoms with Gasteiger partial charge in [-0.3, -0.25) is 0 Å². The number of rotatable bonds is 6. The molecule has 0 atom stereocenters. The van der Waals surface area contributed by atoms with Crippen LogP contribution in [0.3, 0.4) is 0 Å². The summed E-state index contributed by atoms with van der Waals surface area (Å²) in [7, 11) is 0. The number of benzene rings is 7. The summed E-state index contributed by atoms with van der Waals surface area (Å²) in [6, 6.07) is 67.8. The van der Waals surface area contributed by atoms with E-state index in [1.165, 1.54) is 65.5 Å². The minimum Gasteiger partial charge on any atom is -0.208 e. The van der Waals surface area contributed by atoms with Gasteiger partial charge in [0, 0.05) is 22.1 Å². The van der Waals surface area contributed by atoms with Crippen LogP contribution in [-0.2, 0) is 10.8 Å². The zero-order valence-electron chi connectivity index (χ0n) is 34.0. The summed E-state index contributed by atoms with van der Waals surface area (Å²) in [4.78, 5) is 15.7. The minimum atomic E-state index is -0.571. The summed E-state index contributed by atoms with van der Waals surface area (Å²) < 4.78 is 0. The third kappa shape index (κ3) is 5.39. The molecular weight excluding hydrogens is 741 g/mol. The van der Waals surface area contributed by atoms with Crippen LogP contribution in [0.1, 0.15) is 71.0 Å². The average molecular weight is 785 g/mol. The van der Waals surface area contributed by atoms with Crippen LogP contribution in [0.2, 0.25) is 0 Å². The molecule has 292 valence electrons. The standard InChI is InChI=1S/C57H44N4/c58-36-43-16-10-11-21-48(43)39-24-26-41(27-25-39)54-59-53(40-14-4-1-5-15-40)60-55(61-54)42-28-29-51-52(35-42)56(44-17-6-2-7-18-44,45-19-8-3-9-20-45)49-22-12-13-23-50(49)57(51)46-31-37-30-38(33-46)34-47(57)32-37/h1-29,35,37-38,46-47H,30-34H2. The Morgan fingerprint density at radius 3 is 1.48 bits per heavy atom. The van der Waals surface area contributed by atoms with Crippen LogP contribution in [-0.4, -0.2) is 15.0 Å². The van der Waals surface area contributed by atoms with Gasteiger partial charge in [-0.05, 0) is 112 Å². The molecule has 7 aromatic carbocycles. The lowest BCUT2D eigenvalue weighted by Gasteiger charge is -2.65. The average Bonchev–Trinajstić information content (AvgIpc) is 3.33. The van der Waals surface area contributed by atoms with Crippen LogP contribution in [0.5, 0.6) is 0 Å². The first-order chi connectivity index (χ1) is 30.1. The molecule has 1 heterocycles. The van der Waals surface area contributed by atoms with Crippen molar-refractivity contribution < 1.29 is 0 Å². The first-order valence-electron chi connectivity index (χ1n) is 21.9. The van der Waals surface area contributed by atoms with Gasteiger partial charge in [-0.2, -0.15) is 5.26 Å². The SMILES string of the molecule is N#Cc1ccccc1-c1ccc(-c2nc(-c3ccccc3)nc(-c3ccc4c(c3)C(c3ccccc3)(c3ccccc3)c3ccccc3C43C4CC5CC(C4)CC3C5)n2)cc1. The smallest absolute Gasteiger partial charge is 0.164 e. The molecule has 5 aliphatic carbocycles. The third-order valence-electron chi connectivity index (χ3n) is 14.9. The zero-order chi connectivity index (χ0) is 40.5. The van der Waals surface area contributed by atoms with Crippen molar-refractivity contribution in [3.05, 3.63) is 221 Å². The molecule has 0 N–H and O–H groups in total. The van der Waals surface area contributed by atoms with Gasteiger partial charge in [-0.15, -0.1) is 0 Å². The molecule has 0 unspecified atom stereocenters. The summed E-state index contributed by atoms with van der Waals surface area (Å²) in [5, 5.41) is 9.82. The summed E-state index contributed by atoms with van der Waals surface area (Å²) in [5.41, 5.74) is 13.0. The lowest BCUT2D eigenvalue weighted by atomic mass is 9.38. The van der Waals surface area contributed by atoms with E-state index in [-0.39, 0.29) is 5.41 Å². The van der Waals surface area contributed by atoms with Gasteiger partial charge in [0.1, 0.15) is 0 Å². The van der Waals surface area contributed by atoms with Crippen LogP contribution in [0.15, 0.2) is 182 Å². The fraction of sp³-hybridized carbons (Fsp3) is 0.193. The largest absolute Gasteiger partial charge is 0.208 e. The molecule has 61 heavy (non-hydrogen) atoms. The Morgan fingerprint density at radius 1 is 0.410 bits per heavy atom. The fourth-order valence-electron chi connectivity index (χ4n) is 12.8. The normalized spacial score (nSPS) is 22.6. The second-order valence-corrected chi connectivity index (χ2v) is 17.9. The van der Waals surface area contributed by atoms with Crippen molar-refractivity contribution in [3.8, 4) is 51.4 Å². The van der Waals surface area contributed by atoms with Gasteiger partial charge in [0.15, 0.2) is 17.5 Å². The molecule has 1 spiro atoms. The van der Waals surface area contributed by atoms with Gasteiger partial charge in [0.25, 0.3) is 0 Å². The Hall–Kier alpha value is -6.96. The van der Waals surface area contributed by atoms with E-state index in [0.717, 1.165) is 39.7 Å². The van der Waals surface area contributed by atoms with Crippen molar-refractivity contribution in [3.63, 3.8) is 0 Å². The molecule has 0 saturated heterocycles. The van der Waals surface area contributed by atoms with Crippen LogP contribution < -0.4 is 0 Å². The molecule has 4 saturated carbocycles. The maximum absolute atomic E-state index is 9.82. The highest BCUT2D eigenvalue weighted by atomic mass is 15.0. The van der Waals surface area contributed by atoms with E-state index in [0.29, 0.717) is 34.9 Å². The Bertz CT molecular complexity index is 2920. The van der Waals surface area contributed by atoms with E-state index in [4.69, 9.17) is 15.0 Å². The molecule has 1 aromatic heterocycles. The van der Waals surface area contributed by atoms with Gasteiger partial charge in [0.05, 0.1) is 17.0 Å². The van der Waals surface area contributed by atoms with Crippen molar-refractivity contribution in [1.29, 1.82) is 5.26 Å². The monoisotopic (exact) mass is 784 g/mol. The first-order valence-corrected chi connectivity index (χ1v) is 21.9. The Balaban J connectivity index is 1.11. The van der Waals surface area contributed by atoms with Crippen molar-refractivity contribution in [1.82, 2.24) is 15.0 Å². The quantitative estimate of drug-likeness (QED) is 0.168. The van der Waals surface area contributed by atoms with Crippen molar-refractivity contribution >= 4 is 0 Å². The van der Waals surface area contributed by atoms with Gasteiger partial charge >= 0.3 is 0 Å². The van der Waals surface area contributed by atoms with E-state index in [9.17, 15) is 5.26 Å². The van der Waals surface area contributed by atoms with Crippen LogP contribution in [0.25, 0.3) is 45.3 Å². The van der Waals surface area contributed by atoms with E-state index < -0.39 is 5.41 Å². The zero-order valence-corrected chi connectivity index (χ0v) is 34.0. The second-order valence-electron chi connectivity index (χ2n) is 17.9. The third-order valence-corrected chi connectivity index (χ3v) is 14.9. The van der Waals surface area contributed by atoms with Crippen molar-refractivity contribution in [2.75, 3.05) is 0 Å². The first kappa shape index (κ1) is 35.9. The highest BCUT2D eigenvalue weighted by Crippen LogP contribution is 2.70. The minimum absolute atomic E-state index is 0.0592. The Labute approximate surface area is 357 Å². The molecule has 0 aliphatic heterocycles.